The summed E-state index contributed by atoms with van der Waals surface area (Å²) in [5, 5.41) is 2.88. The molecule has 1 aliphatic heterocycles. The van der Waals surface area contributed by atoms with Crippen LogP contribution in [0.15, 0.2) is 24.3 Å². The smallest absolute Gasteiger partial charge is 0.338 e. The molecule has 1 amide bonds. The molecular weight excluding hydrogens is 292 g/mol. The van der Waals surface area contributed by atoms with Crippen molar-refractivity contribution in [1.82, 2.24) is 4.90 Å². The highest BCUT2D eigenvalue weighted by Gasteiger charge is 2.11. The maximum atomic E-state index is 12.0. The summed E-state index contributed by atoms with van der Waals surface area (Å²) in [6, 6.07) is 6.80. The number of likely N-dealkylation sites (tertiary alicyclic amines) is 1. The van der Waals surface area contributed by atoms with Gasteiger partial charge in [-0.05, 0) is 57.1 Å². The fourth-order valence-corrected chi connectivity index (χ4v) is 2.75. The highest BCUT2D eigenvalue weighted by molar-refractivity contribution is 5.93. The van der Waals surface area contributed by atoms with Gasteiger partial charge in [-0.3, -0.25) is 4.79 Å². The van der Waals surface area contributed by atoms with E-state index in [2.05, 4.69) is 10.2 Å². The Kier molecular flexibility index (Phi) is 7.07. The van der Waals surface area contributed by atoms with Gasteiger partial charge in [-0.25, -0.2) is 4.79 Å². The second-order valence-corrected chi connectivity index (χ2v) is 5.85. The van der Waals surface area contributed by atoms with E-state index in [1.54, 1.807) is 31.2 Å². The molecule has 5 nitrogen and oxygen atoms in total. The van der Waals surface area contributed by atoms with Gasteiger partial charge in [0.15, 0.2) is 0 Å². The first-order valence-corrected chi connectivity index (χ1v) is 8.48. The van der Waals surface area contributed by atoms with Crippen molar-refractivity contribution in [3.63, 3.8) is 0 Å². The summed E-state index contributed by atoms with van der Waals surface area (Å²) in [6.45, 7) is 5.14. The minimum Gasteiger partial charge on any atom is -0.462 e. The molecule has 0 aromatic heterocycles. The summed E-state index contributed by atoms with van der Waals surface area (Å²) in [6.07, 6.45) is 5.57. The molecule has 0 radical (unpaired) electrons. The van der Waals surface area contributed by atoms with Crippen molar-refractivity contribution < 1.29 is 14.3 Å². The quantitative estimate of drug-likeness (QED) is 0.819. The number of benzene rings is 1. The molecule has 5 heteroatoms. The van der Waals surface area contributed by atoms with Gasteiger partial charge in [-0.1, -0.05) is 12.8 Å². The average Bonchev–Trinajstić information content (AvgIpc) is 2.82. The predicted molar refractivity (Wildman–Crippen MR) is 90.6 cm³/mol. The monoisotopic (exact) mass is 318 g/mol. The summed E-state index contributed by atoms with van der Waals surface area (Å²) in [7, 11) is 0. The first kappa shape index (κ1) is 17.5. The predicted octanol–water partition coefficient (Wildman–Crippen LogP) is 3.07. The van der Waals surface area contributed by atoms with Crippen LogP contribution in [0, 0.1) is 0 Å². The van der Waals surface area contributed by atoms with E-state index in [1.807, 2.05) is 0 Å². The van der Waals surface area contributed by atoms with Crippen molar-refractivity contribution in [2.75, 3.05) is 31.6 Å². The van der Waals surface area contributed by atoms with Crippen LogP contribution in [-0.2, 0) is 9.53 Å². The number of rotatable bonds is 6. The lowest BCUT2D eigenvalue weighted by atomic mass is 10.2. The standard InChI is InChI=1S/C18H26N2O3/c1-2-23-18(22)15-7-9-16(10-8-15)19-17(21)11-14-20-12-5-3-4-6-13-20/h7-10H,2-6,11-14H2,1H3,(H,19,21). The van der Waals surface area contributed by atoms with Gasteiger partial charge in [0.25, 0.3) is 0 Å². The van der Waals surface area contributed by atoms with Crippen molar-refractivity contribution in [3.8, 4) is 0 Å². The van der Waals surface area contributed by atoms with Gasteiger partial charge in [0.05, 0.1) is 12.2 Å². The average molecular weight is 318 g/mol. The van der Waals surface area contributed by atoms with Gasteiger partial charge < -0.3 is 15.0 Å². The van der Waals surface area contributed by atoms with Gasteiger partial charge in [0.1, 0.15) is 0 Å². The van der Waals surface area contributed by atoms with E-state index in [0.717, 1.165) is 19.6 Å². The van der Waals surface area contributed by atoms with Gasteiger partial charge in [0.2, 0.25) is 5.91 Å². The van der Waals surface area contributed by atoms with E-state index < -0.39 is 0 Å². The number of esters is 1. The maximum absolute atomic E-state index is 12.0. The number of carbonyl (C=O) groups is 2. The summed E-state index contributed by atoms with van der Waals surface area (Å²) >= 11 is 0. The number of nitrogens with one attached hydrogen (secondary N) is 1. The van der Waals surface area contributed by atoms with E-state index in [9.17, 15) is 9.59 Å². The summed E-state index contributed by atoms with van der Waals surface area (Å²) < 4.78 is 4.93. The largest absolute Gasteiger partial charge is 0.462 e. The van der Waals surface area contributed by atoms with E-state index in [-0.39, 0.29) is 11.9 Å². The number of nitrogens with zero attached hydrogens (tertiary/aromatic N) is 1. The molecule has 1 N–H and O–H groups in total. The third-order valence-corrected chi connectivity index (χ3v) is 4.03. The number of ether oxygens (including phenoxy) is 1. The molecule has 0 aliphatic carbocycles. The molecule has 1 fully saturated rings. The number of carbonyl (C=O) groups excluding carboxylic acids is 2. The van der Waals surface area contributed by atoms with Crippen LogP contribution in [0.4, 0.5) is 5.69 Å². The van der Waals surface area contributed by atoms with Crippen LogP contribution >= 0.6 is 0 Å². The normalized spacial score (nSPS) is 15.7. The molecule has 23 heavy (non-hydrogen) atoms. The Morgan fingerprint density at radius 3 is 2.35 bits per heavy atom. The zero-order valence-electron chi connectivity index (χ0n) is 13.8. The van der Waals surface area contributed by atoms with E-state index in [4.69, 9.17) is 4.74 Å². The molecule has 0 unspecified atom stereocenters. The molecular formula is C18H26N2O3. The van der Waals surface area contributed by atoms with Crippen LogP contribution in [0.25, 0.3) is 0 Å². The zero-order chi connectivity index (χ0) is 16.5. The Balaban J connectivity index is 1.77. The number of hydrogen-bond donors (Lipinski definition) is 1. The van der Waals surface area contributed by atoms with Gasteiger partial charge in [0, 0.05) is 18.7 Å². The van der Waals surface area contributed by atoms with Crippen LogP contribution in [0.2, 0.25) is 0 Å². The Hall–Kier alpha value is -1.88. The number of anilines is 1. The highest BCUT2D eigenvalue weighted by atomic mass is 16.5. The van der Waals surface area contributed by atoms with Crippen LogP contribution in [-0.4, -0.2) is 43.0 Å². The van der Waals surface area contributed by atoms with Crippen LogP contribution in [0.5, 0.6) is 0 Å². The number of amides is 1. The molecule has 2 rings (SSSR count). The third kappa shape index (κ3) is 6.02. The second-order valence-electron chi connectivity index (χ2n) is 5.85. The minimum atomic E-state index is -0.341. The lowest BCUT2D eigenvalue weighted by molar-refractivity contribution is -0.116. The molecule has 0 atom stereocenters. The van der Waals surface area contributed by atoms with Gasteiger partial charge >= 0.3 is 5.97 Å². The molecule has 1 heterocycles. The van der Waals surface area contributed by atoms with Crippen molar-refractivity contribution in [1.29, 1.82) is 0 Å². The third-order valence-electron chi connectivity index (χ3n) is 4.03. The highest BCUT2D eigenvalue weighted by Crippen LogP contribution is 2.12. The van der Waals surface area contributed by atoms with Crippen LogP contribution < -0.4 is 5.32 Å². The Labute approximate surface area is 138 Å². The van der Waals surface area contributed by atoms with Crippen molar-refractivity contribution in [2.24, 2.45) is 0 Å². The lowest BCUT2D eigenvalue weighted by Gasteiger charge is -2.19. The first-order chi connectivity index (χ1) is 11.2. The van der Waals surface area contributed by atoms with Crippen LogP contribution in [0.1, 0.15) is 49.4 Å². The van der Waals surface area contributed by atoms with Gasteiger partial charge in [-0.2, -0.15) is 0 Å². The summed E-state index contributed by atoms with van der Waals surface area (Å²) in [5.74, 6) is -0.329. The molecule has 126 valence electrons. The SMILES string of the molecule is CCOC(=O)c1ccc(NC(=O)CCN2CCCCCC2)cc1. The first-order valence-electron chi connectivity index (χ1n) is 8.48. The maximum Gasteiger partial charge on any atom is 0.338 e. The molecule has 1 aromatic carbocycles. The lowest BCUT2D eigenvalue weighted by Crippen LogP contribution is -2.28. The molecule has 1 aromatic rings. The summed E-state index contributed by atoms with van der Waals surface area (Å²) in [4.78, 5) is 26.0. The zero-order valence-corrected chi connectivity index (χ0v) is 13.8. The summed E-state index contributed by atoms with van der Waals surface area (Å²) in [5.41, 5.74) is 1.20. The van der Waals surface area contributed by atoms with Crippen molar-refractivity contribution >= 4 is 17.6 Å². The van der Waals surface area contributed by atoms with Crippen molar-refractivity contribution in [3.05, 3.63) is 29.8 Å². The fraction of sp³-hybridized carbons (Fsp3) is 0.556. The number of hydrogen-bond acceptors (Lipinski definition) is 4. The van der Waals surface area contributed by atoms with Crippen LogP contribution in [0.3, 0.4) is 0 Å². The molecule has 0 spiro atoms. The second kappa shape index (κ2) is 9.30. The molecule has 0 saturated carbocycles. The molecule has 1 aliphatic rings. The van der Waals surface area contributed by atoms with Gasteiger partial charge in [-0.15, -0.1) is 0 Å². The van der Waals surface area contributed by atoms with E-state index in [1.165, 1.54) is 25.7 Å². The molecule has 0 bridgehead atoms. The minimum absolute atomic E-state index is 0.0122. The Morgan fingerprint density at radius 2 is 1.74 bits per heavy atom. The van der Waals surface area contributed by atoms with E-state index >= 15 is 0 Å². The van der Waals surface area contributed by atoms with E-state index in [0.29, 0.717) is 24.3 Å². The topological polar surface area (TPSA) is 58.6 Å². The fourth-order valence-electron chi connectivity index (χ4n) is 2.75. The molecule has 1 saturated heterocycles. The Bertz CT molecular complexity index is 506. The Morgan fingerprint density at radius 1 is 1.09 bits per heavy atom. The van der Waals surface area contributed by atoms with Crippen molar-refractivity contribution in [2.45, 2.75) is 39.0 Å².